The van der Waals surface area contributed by atoms with E-state index in [1.54, 1.807) is 6.21 Å². The normalized spacial score (nSPS) is 10.9. The first-order chi connectivity index (χ1) is 9.66. The minimum absolute atomic E-state index is 0.236. The SMILES string of the molecule is CC(C)c1ccc(/C=N/NC(=O)c2cnccn2)cc1. The number of hydrazone groups is 1. The first-order valence-electron chi connectivity index (χ1n) is 6.36. The van der Waals surface area contributed by atoms with Crippen LogP contribution in [0.1, 0.15) is 41.4 Å². The molecule has 20 heavy (non-hydrogen) atoms. The lowest BCUT2D eigenvalue weighted by atomic mass is 10.0. The highest BCUT2D eigenvalue weighted by atomic mass is 16.2. The Kier molecular flexibility index (Phi) is 4.55. The summed E-state index contributed by atoms with van der Waals surface area (Å²) < 4.78 is 0. The summed E-state index contributed by atoms with van der Waals surface area (Å²) >= 11 is 0. The van der Waals surface area contributed by atoms with E-state index in [4.69, 9.17) is 0 Å². The summed E-state index contributed by atoms with van der Waals surface area (Å²) in [4.78, 5) is 19.4. The molecule has 1 N–H and O–H groups in total. The number of aromatic nitrogens is 2. The van der Waals surface area contributed by atoms with Gasteiger partial charge in [0, 0.05) is 12.4 Å². The summed E-state index contributed by atoms with van der Waals surface area (Å²) in [5, 5.41) is 3.90. The zero-order valence-electron chi connectivity index (χ0n) is 11.4. The second-order valence-corrected chi connectivity index (χ2v) is 4.61. The fourth-order valence-corrected chi connectivity index (χ4v) is 1.61. The van der Waals surface area contributed by atoms with Gasteiger partial charge in [0.15, 0.2) is 0 Å². The molecule has 1 aromatic carbocycles. The zero-order valence-corrected chi connectivity index (χ0v) is 11.4. The van der Waals surface area contributed by atoms with Crippen LogP contribution in [0.15, 0.2) is 48.0 Å². The Bertz CT molecular complexity index is 591. The lowest BCUT2D eigenvalue weighted by Crippen LogP contribution is -2.19. The van der Waals surface area contributed by atoms with Gasteiger partial charge in [0.2, 0.25) is 0 Å². The van der Waals surface area contributed by atoms with Gasteiger partial charge in [-0.15, -0.1) is 0 Å². The van der Waals surface area contributed by atoms with E-state index in [-0.39, 0.29) is 11.6 Å². The van der Waals surface area contributed by atoms with Gasteiger partial charge in [-0.25, -0.2) is 10.4 Å². The van der Waals surface area contributed by atoms with Crippen LogP contribution in [0, 0.1) is 0 Å². The molecule has 1 heterocycles. The van der Waals surface area contributed by atoms with E-state index in [0.717, 1.165) is 5.56 Å². The van der Waals surface area contributed by atoms with Crippen LogP contribution in [-0.4, -0.2) is 22.1 Å². The number of nitrogens with zero attached hydrogens (tertiary/aromatic N) is 3. The first kappa shape index (κ1) is 13.9. The third-order valence-electron chi connectivity index (χ3n) is 2.78. The third kappa shape index (κ3) is 3.71. The van der Waals surface area contributed by atoms with Crippen molar-refractivity contribution in [2.75, 3.05) is 0 Å². The Morgan fingerprint density at radius 3 is 2.60 bits per heavy atom. The molecular weight excluding hydrogens is 252 g/mol. The zero-order chi connectivity index (χ0) is 14.4. The van der Waals surface area contributed by atoms with Crippen molar-refractivity contribution in [1.29, 1.82) is 0 Å². The van der Waals surface area contributed by atoms with E-state index in [2.05, 4.69) is 46.5 Å². The highest BCUT2D eigenvalue weighted by molar-refractivity contribution is 5.92. The second-order valence-electron chi connectivity index (χ2n) is 4.61. The standard InChI is InChI=1S/C15H16N4O/c1-11(2)13-5-3-12(4-6-13)9-18-19-15(20)14-10-16-7-8-17-14/h3-11H,1-2H3,(H,19,20)/b18-9+. The molecule has 0 unspecified atom stereocenters. The number of hydrogen-bond donors (Lipinski definition) is 1. The van der Waals surface area contributed by atoms with Gasteiger partial charge < -0.3 is 0 Å². The molecular formula is C15H16N4O. The average molecular weight is 268 g/mol. The molecule has 2 aromatic rings. The van der Waals surface area contributed by atoms with E-state index in [9.17, 15) is 4.79 Å². The number of hydrogen-bond acceptors (Lipinski definition) is 4. The molecule has 102 valence electrons. The molecule has 0 aliphatic carbocycles. The van der Waals surface area contributed by atoms with Crippen LogP contribution >= 0.6 is 0 Å². The van der Waals surface area contributed by atoms with E-state index in [0.29, 0.717) is 5.92 Å². The maximum absolute atomic E-state index is 11.7. The summed E-state index contributed by atoms with van der Waals surface area (Å²) in [5.41, 5.74) is 4.84. The van der Waals surface area contributed by atoms with Crippen LogP contribution in [0.25, 0.3) is 0 Å². The predicted molar refractivity (Wildman–Crippen MR) is 77.6 cm³/mol. The summed E-state index contributed by atoms with van der Waals surface area (Å²) in [6.45, 7) is 4.29. The van der Waals surface area contributed by atoms with Gasteiger partial charge in [-0.1, -0.05) is 38.1 Å². The highest BCUT2D eigenvalue weighted by Gasteiger charge is 2.04. The molecule has 2 rings (SSSR count). The average Bonchev–Trinajstić information content (AvgIpc) is 2.48. The van der Waals surface area contributed by atoms with Crippen LogP contribution < -0.4 is 5.43 Å². The molecule has 1 amide bonds. The van der Waals surface area contributed by atoms with Crippen LogP contribution in [0.3, 0.4) is 0 Å². The number of amides is 1. The van der Waals surface area contributed by atoms with E-state index in [1.165, 1.54) is 24.2 Å². The number of carbonyl (C=O) groups excluding carboxylic acids is 1. The van der Waals surface area contributed by atoms with Crippen molar-refractivity contribution in [3.05, 3.63) is 59.7 Å². The minimum atomic E-state index is -0.381. The maximum Gasteiger partial charge on any atom is 0.291 e. The van der Waals surface area contributed by atoms with Crippen molar-refractivity contribution in [3.8, 4) is 0 Å². The molecule has 0 atom stereocenters. The lowest BCUT2D eigenvalue weighted by molar-refractivity contribution is 0.0949. The second kappa shape index (κ2) is 6.56. The molecule has 0 aliphatic heterocycles. The van der Waals surface area contributed by atoms with Crippen molar-refractivity contribution < 1.29 is 4.79 Å². The summed E-state index contributed by atoms with van der Waals surface area (Å²) in [6, 6.07) is 8.04. The molecule has 0 aliphatic rings. The molecule has 5 nitrogen and oxygen atoms in total. The van der Waals surface area contributed by atoms with Gasteiger partial charge >= 0.3 is 0 Å². The molecule has 1 aromatic heterocycles. The van der Waals surface area contributed by atoms with E-state index in [1.807, 2.05) is 12.1 Å². The number of rotatable bonds is 4. The summed E-state index contributed by atoms with van der Waals surface area (Å²) in [6.07, 6.45) is 5.96. The fourth-order valence-electron chi connectivity index (χ4n) is 1.61. The highest BCUT2D eigenvalue weighted by Crippen LogP contribution is 2.13. The molecule has 0 radical (unpaired) electrons. The van der Waals surface area contributed by atoms with Gasteiger partial charge in [-0.05, 0) is 17.0 Å². The first-order valence-corrected chi connectivity index (χ1v) is 6.36. The molecule has 0 bridgehead atoms. The Morgan fingerprint density at radius 2 is 2.00 bits per heavy atom. The fraction of sp³-hybridized carbons (Fsp3) is 0.200. The third-order valence-corrected chi connectivity index (χ3v) is 2.78. The van der Waals surface area contributed by atoms with Crippen LogP contribution in [-0.2, 0) is 0 Å². The van der Waals surface area contributed by atoms with Crippen molar-refractivity contribution in [1.82, 2.24) is 15.4 Å². The van der Waals surface area contributed by atoms with E-state index >= 15 is 0 Å². The molecule has 5 heteroatoms. The van der Waals surface area contributed by atoms with Crippen molar-refractivity contribution in [3.63, 3.8) is 0 Å². The minimum Gasteiger partial charge on any atom is -0.265 e. The number of carbonyl (C=O) groups is 1. The van der Waals surface area contributed by atoms with Gasteiger partial charge in [-0.3, -0.25) is 9.78 Å². The van der Waals surface area contributed by atoms with Crippen molar-refractivity contribution in [2.24, 2.45) is 5.10 Å². The van der Waals surface area contributed by atoms with Crippen LogP contribution in [0.2, 0.25) is 0 Å². The molecule has 0 saturated heterocycles. The van der Waals surface area contributed by atoms with Crippen molar-refractivity contribution in [2.45, 2.75) is 19.8 Å². The molecule has 0 saturated carbocycles. The van der Waals surface area contributed by atoms with E-state index < -0.39 is 0 Å². The van der Waals surface area contributed by atoms with Crippen LogP contribution in [0.4, 0.5) is 0 Å². The summed E-state index contributed by atoms with van der Waals surface area (Å²) in [5.74, 6) is 0.116. The number of nitrogens with one attached hydrogen (secondary N) is 1. The van der Waals surface area contributed by atoms with Crippen LogP contribution in [0.5, 0.6) is 0 Å². The topological polar surface area (TPSA) is 67.2 Å². The van der Waals surface area contributed by atoms with Gasteiger partial charge in [0.05, 0.1) is 12.4 Å². The smallest absolute Gasteiger partial charge is 0.265 e. The lowest BCUT2D eigenvalue weighted by Gasteiger charge is -2.04. The maximum atomic E-state index is 11.7. The predicted octanol–water partition coefficient (Wildman–Crippen LogP) is 2.36. The Balaban J connectivity index is 1.95. The largest absolute Gasteiger partial charge is 0.291 e. The Hall–Kier alpha value is -2.56. The molecule has 0 fully saturated rings. The molecule has 0 spiro atoms. The van der Waals surface area contributed by atoms with Gasteiger partial charge in [0.25, 0.3) is 5.91 Å². The monoisotopic (exact) mass is 268 g/mol. The van der Waals surface area contributed by atoms with Gasteiger partial charge in [-0.2, -0.15) is 5.10 Å². The van der Waals surface area contributed by atoms with Crippen molar-refractivity contribution >= 4 is 12.1 Å². The number of benzene rings is 1. The quantitative estimate of drug-likeness (QED) is 0.683. The Labute approximate surface area is 117 Å². The Morgan fingerprint density at radius 1 is 1.25 bits per heavy atom. The van der Waals surface area contributed by atoms with Gasteiger partial charge in [0.1, 0.15) is 5.69 Å². The summed E-state index contributed by atoms with van der Waals surface area (Å²) in [7, 11) is 0.